The lowest BCUT2D eigenvalue weighted by Gasteiger charge is -2.17. The summed E-state index contributed by atoms with van der Waals surface area (Å²) in [6.45, 7) is 2.91. The number of carbonyl (C=O) groups excluding carboxylic acids is 1. The van der Waals surface area contributed by atoms with Crippen molar-refractivity contribution in [3.63, 3.8) is 0 Å². The second-order valence-electron chi connectivity index (χ2n) is 7.51. The van der Waals surface area contributed by atoms with Gasteiger partial charge in [0.2, 0.25) is 5.91 Å². The second kappa shape index (κ2) is 8.85. The molecular formula is C25H26N2O. The molecule has 1 N–H and O–H groups in total. The SMILES string of the molecule is O=C(Cc1ccc(-c2ccccc2)cc1)NC1CCN(Cc2ccccc2)C1. The molecule has 4 rings (SSSR count). The Bertz CT molecular complexity index is 891. The lowest BCUT2D eigenvalue weighted by atomic mass is 10.0. The maximum absolute atomic E-state index is 12.5. The topological polar surface area (TPSA) is 32.3 Å². The minimum absolute atomic E-state index is 0.110. The summed E-state index contributed by atoms with van der Waals surface area (Å²) in [4.78, 5) is 14.9. The molecule has 1 aliphatic heterocycles. The van der Waals surface area contributed by atoms with Gasteiger partial charge in [-0.3, -0.25) is 9.69 Å². The Balaban J connectivity index is 1.27. The third-order valence-corrected chi connectivity index (χ3v) is 5.31. The largest absolute Gasteiger partial charge is 0.352 e. The van der Waals surface area contributed by atoms with Crippen LogP contribution in [-0.2, 0) is 17.8 Å². The van der Waals surface area contributed by atoms with Crippen LogP contribution in [0.1, 0.15) is 17.5 Å². The maximum Gasteiger partial charge on any atom is 0.224 e. The van der Waals surface area contributed by atoms with Crippen molar-refractivity contribution in [2.24, 2.45) is 0 Å². The number of nitrogens with one attached hydrogen (secondary N) is 1. The molecule has 1 amide bonds. The Morgan fingerprint density at radius 1 is 0.821 bits per heavy atom. The number of likely N-dealkylation sites (tertiary alicyclic amines) is 1. The molecule has 0 radical (unpaired) electrons. The average Bonchev–Trinajstić information content (AvgIpc) is 3.16. The Kier molecular flexibility index (Phi) is 5.83. The highest BCUT2D eigenvalue weighted by atomic mass is 16.1. The summed E-state index contributed by atoms with van der Waals surface area (Å²) >= 11 is 0. The van der Waals surface area contributed by atoms with Gasteiger partial charge in [0.05, 0.1) is 6.42 Å². The van der Waals surface area contributed by atoms with Gasteiger partial charge in [-0.2, -0.15) is 0 Å². The predicted molar refractivity (Wildman–Crippen MR) is 114 cm³/mol. The van der Waals surface area contributed by atoms with Crippen molar-refractivity contribution in [1.29, 1.82) is 0 Å². The average molecular weight is 370 g/mol. The van der Waals surface area contributed by atoms with Gasteiger partial charge in [-0.1, -0.05) is 84.9 Å². The van der Waals surface area contributed by atoms with E-state index in [0.717, 1.165) is 31.6 Å². The van der Waals surface area contributed by atoms with Gasteiger partial charge < -0.3 is 5.32 Å². The number of hydrogen-bond donors (Lipinski definition) is 1. The van der Waals surface area contributed by atoms with Gasteiger partial charge in [-0.15, -0.1) is 0 Å². The Morgan fingerprint density at radius 2 is 1.46 bits per heavy atom. The van der Waals surface area contributed by atoms with E-state index < -0.39 is 0 Å². The van der Waals surface area contributed by atoms with E-state index in [4.69, 9.17) is 0 Å². The van der Waals surface area contributed by atoms with Crippen molar-refractivity contribution in [3.8, 4) is 11.1 Å². The molecule has 1 atom stereocenters. The van der Waals surface area contributed by atoms with E-state index >= 15 is 0 Å². The fourth-order valence-electron chi connectivity index (χ4n) is 3.85. The van der Waals surface area contributed by atoms with Crippen LogP contribution < -0.4 is 5.32 Å². The van der Waals surface area contributed by atoms with E-state index in [1.54, 1.807) is 0 Å². The van der Waals surface area contributed by atoms with Crippen LogP contribution in [0.4, 0.5) is 0 Å². The summed E-state index contributed by atoms with van der Waals surface area (Å²) in [5, 5.41) is 3.21. The zero-order valence-electron chi connectivity index (χ0n) is 16.1. The number of carbonyl (C=O) groups is 1. The molecule has 1 fully saturated rings. The molecule has 0 saturated carbocycles. The summed E-state index contributed by atoms with van der Waals surface area (Å²) in [6.07, 6.45) is 1.45. The van der Waals surface area contributed by atoms with Crippen LogP contribution >= 0.6 is 0 Å². The summed E-state index contributed by atoms with van der Waals surface area (Å²) in [5.41, 5.74) is 4.75. The molecule has 1 heterocycles. The van der Waals surface area contributed by atoms with Crippen molar-refractivity contribution >= 4 is 5.91 Å². The molecule has 28 heavy (non-hydrogen) atoms. The van der Waals surface area contributed by atoms with Crippen LogP contribution in [-0.4, -0.2) is 29.9 Å². The number of hydrogen-bond acceptors (Lipinski definition) is 2. The molecule has 0 aliphatic carbocycles. The van der Waals surface area contributed by atoms with Gasteiger partial charge in [0.1, 0.15) is 0 Å². The zero-order chi connectivity index (χ0) is 19.2. The number of benzene rings is 3. The Hall–Kier alpha value is -2.91. The van der Waals surface area contributed by atoms with Crippen LogP contribution in [0.15, 0.2) is 84.9 Å². The quantitative estimate of drug-likeness (QED) is 0.702. The summed E-state index contributed by atoms with van der Waals surface area (Å²) < 4.78 is 0. The number of nitrogens with zero attached hydrogens (tertiary/aromatic N) is 1. The van der Waals surface area contributed by atoms with Crippen molar-refractivity contribution in [2.45, 2.75) is 25.4 Å². The van der Waals surface area contributed by atoms with Crippen molar-refractivity contribution in [2.75, 3.05) is 13.1 Å². The van der Waals surface area contributed by atoms with Crippen LogP contribution in [0.2, 0.25) is 0 Å². The molecule has 1 saturated heterocycles. The first-order chi connectivity index (χ1) is 13.8. The fourth-order valence-corrected chi connectivity index (χ4v) is 3.85. The first kappa shape index (κ1) is 18.5. The molecule has 0 bridgehead atoms. The zero-order valence-corrected chi connectivity index (χ0v) is 16.1. The van der Waals surface area contributed by atoms with E-state index in [0.29, 0.717) is 6.42 Å². The monoisotopic (exact) mass is 370 g/mol. The van der Waals surface area contributed by atoms with Crippen LogP contribution in [0.25, 0.3) is 11.1 Å². The van der Waals surface area contributed by atoms with Crippen molar-refractivity contribution < 1.29 is 4.79 Å². The summed E-state index contributed by atoms with van der Waals surface area (Å²) in [6, 6.07) is 29.4. The minimum Gasteiger partial charge on any atom is -0.352 e. The fraction of sp³-hybridized carbons (Fsp3) is 0.240. The second-order valence-corrected chi connectivity index (χ2v) is 7.51. The molecule has 3 aromatic rings. The van der Waals surface area contributed by atoms with Crippen LogP contribution in [0.5, 0.6) is 0 Å². The molecular weight excluding hydrogens is 344 g/mol. The van der Waals surface area contributed by atoms with E-state index in [2.05, 4.69) is 70.9 Å². The summed E-state index contributed by atoms with van der Waals surface area (Å²) in [5.74, 6) is 0.110. The third kappa shape index (κ3) is 4.87. The molecule has 3 aromatic carbocycles. The van der Waals surface area contributed by atoms with Gasteiger partial charge in [0, 0.05) is 25.7 Å². The van der Waals surface area contributed by atoms with Gasteiger partial charge in [0.15, 0.2) is 0 Å². The van der Waals surface area contributed by atoms with Gasteiger partial charge in [-0.25, -0.2) is 0 Å². The molecule has 1 aliphatic rings. The van der Waals surface area contributed by atoms with Crippen LogP contribution in [0, 0.1) is 0 Å². The molecule has 3 heteroatoms. The summed E-state index contributed by atoms with van der Waals surface area (Å²) in [7, 11) is 0. The molecule has 0 aromatic heterocycles. The highest BCUT2D eigenvalue weighted by Crippen LogP contribution is 2.19. The lowest BCUT2D eigenvalue weighted by Crippen LogP contribution is -2.37. The standard InChI is InChI=1S/C25H26N2O/c28-25(17-20-11-13-23(14-12-20)22-9-5-2-6-10-22)26-24-15-16-27(19-24)18-21-7-3-1-4-8-21/h1-14,24H,15-19H2,(H,26,28). The smallest absolute Gasteiger partial charge is 0.224 e. The highest BCUT2D eigenvalue weighted by molar-refractivity contribution is 5.79. The number of amides is 1. The molecule has 142 valence electrons. The number of rotatable bonds is 6. The van der Waals surface area contributed by atoms with E-state index in [-0.39, 0.29) is 11.9 Å². The normalized spacial score (nSPS) is 16.8. The molecule has 3 nitrogen and oxygen atoms in total. The van der Waals surface area contributed by atoms with Crippen LogP contribution in [0.3, 0.4) is 0 Å². The van der Waals surface area contributed by atoms with E-state index in [1.807, 2.05) is 24.3 Å². The first-order valence-electron chi connectivity index (χ1n) is 9.96. The Morgan fingerprint density at radius 3 is 2.18 bits per heavy atom. The molecule has 0 spiro atoms. The Labute approximate surface area is 167 Å². The molecule has 1 unspecified atom stereocenters. The van der Waals surface area contributed by atoms with E-state index in [9.17, 15) is 4.79 Å². The van der Waals surface area contributed by atoms with Crippen molar-refractivity contribution in [3.05, 3.63) is 96.1 Å². The van der Waals surface area contributed by atoms with Gasteiger partial charge >= 0.3 is 0 Å². The van der Waals surface area contributed by atoms with Gasteiger partial charge in [-0.05, 0) is 28.7 Å². The first-order valence-corrected chi connectivity index (χ1v) is 9.96. The van der Waals surface area contributed by atoms with E-state index in [1.165, 1.54) is 16.7 Å². The minimum atomic E-state index is 0.110. The predicted octanol–water partition coefficient (Wildman–Crippen LogP) is 4.29. The highest BCUT2D eigenvalue weighted by Gasteiger charge is 2.23. The van der Waals surface area contributed by atoms with Crippen molar-refractivity contribution in [1.82, 2.24) is 10.2 Å². The van der Waals surface area contributed by atoms with Gasteiger partial charge in [0.25, 0.3) is 0 Å². The lowest BCUT2D eigenvalue weighted by molar-refractivity contribution is -0.121. The maximum atomic E-state index is 12.5. The third-order valence-electron chi connectivity index (χ3n) is 5.31.